The van der Waals surface area contributed by atoms with E-state index in [9.17, 15) is 28.3 Å². The summed E-state index contributed by atoms with van der Waals surface area (Å²) in [5.74, 6) is -1.83. The van der Waals surface area contributed by atoms with Crippen LogP contribution in [-0.2, 0) is 19.8 Å². The van der Waals surface area contributed by atoms with E-state index in [1.165, 1.54) is 35.5 Å². The summed E-state index contributed by atoms with van der Waals surface area (Å²) in [6, 6.07) is 9.79. The molecule has 0 bridgehead atoms. The molecule has 4 N–H and O–H groups in total. The first kappa shape index (κ1) is 38.5. The molecule has 280 valence electrons. The van der Waals surface area contributed by atoms with Gasteiger partial charge in [0.15, 0.2) is 6.29 Å². The predicted octanol–water partition coefficient (Wildman–Crippen LogP) is 6.80. The fourth-order valence-electron chi connectivity index (χ4n) is 6.16. The minimum atomic E-state index is -2.81. The first-order chi connectivity index (χ1) is 24.3. The Bertz CT molecular complexity index is 1820. The van der Waals surface area contributed by atoms with Crippen LogP contribution in [0, 0.1) is 5.41 Å². The maximum atomic E-state index is 15.2. The molecule has 1 aliphatic heterocycles. The second kappa shape index (κ2) is 14.7. The third-order valence-electron chi connectivity index (χ3n) is 8.44. The summed E-state index contributed by atoms with van der Waals surface area (Å²) in [5.41, 5.74) is -1.39. The van der Waals surface area contributed by atoms with Gasteiger partial charge in [0.25, 0.3) is 5.91 Å². The Morgan fingerprint density at radius 1 is 1.04 bits per heavy atom. The number of hydrogen-bond acceptors (Lipinski definition) is 8. The topological polar surface area (TPSA) is 164 Å². The molecule has 1 saturated carbocycles. The van der Waals surface area contributed by atoms with Crippen molar-refractivity contribution in [3.63, 3.8) is 0 Å². The molecule has 2 heterocycles. The van der Waals surface area contributed by atoms with E-state index < -0.39 is 66.1 Å². The molecule has 1 aliphatic carbocycles. The Hall–Kier alpha value is -4.76. The van der Waals surface area contributed by atoms with E-state index in [2.05, 4.69) is 21.0 Å². The number of aromatic nitrogens is 2. The van der Waals surface area contributed by atoms with Crippen LogP contribution in [0.25, 0.3) is 11.1 Å². The number of nitrogens with zero attached hydrogens (tertiary/aromatic N) is 3. The van der Waals surface area contributed by atoms with Crippen LogP contribution in [-0.4, -0.2) is 68.4 Å². The Balaban J connectivity index is 1.62. The van der Waals surface area contributed by atoms with Crippen LogP contribution in [0.15, 0.2) is 54.9 Å². The van der Waals surface area contributed by atoms with Gasteiger partial charge in [0.2, 0.25) is 0 Å². The average Bonchev–Trinajstić information content (AvgIpc) is 3.62. The maximum Gasteiger partial charge on any atom is 0.410 e. The number of carboxylic acids is 1. The Labute approximate surface area is 305 Å². The van der Waals surface area contributed by atoms with Crippen LogP contribution < -0.4 is 16.0 Å². The minimum absolute atomic E-state index is 0.0242. The van der Waals surface area contributed by atoms with E-state index in [1.807, 2.05) is 20.8 Å². The van der Waals surface area contributed by atoms with Crippen molar-refractivity contribution in [3.8, 4) is 11.1 Å². The van der Waals surface area contributed by atoms with E-state index in [-0.39, 0.29) is 28.6 Å². The molecule has 2 fully saturated rings. The van der Waals surface area contributed by atoms with Crippen LogP contribution in [0.3, 0.4) is 0 Å². The molecule has 0 radical (unpaired) electrons. The second-order valence-corrected chi connectivity index (χ2v) is 15.6. The van der Waals surface area contributed by atoms with Gasteiger partial charge in [-0.15, -0.1) is 0 Å². The number of amides is 3. The zero-order chi connectivity index (χ0) is 38.2. The molecular formula is C36H43ClF2N6O7. The summed E-state index contributed by atoms with van der Waals surface area (Å²) in [5, 5.41) is 22.4. The number of carboxylic acid groups (broad SMARTS) is 1. The van der Waals surface area contributed by atoms with E-state index in [1.54, 1.807) is 45.0 Å². The maximum absolute atomic E-state index is 15.2. The van der Waals surface area contributed by atoms with Crippen LogP contribution in [0.1, 0.15) is 94.9 Å². The first-order valence-corrected chi connectivity index (χ1v) is 17.1. The molecule has 3 aromatic rings. The van der Waals surface area contributed by atoms with Gasteiger partial charge in [-0.1, -0.05) is 62.7 Å². The number of carbonyl (C=O) groups excluding carboxylic acids is 3. The van der Waals surface area contributed by atoms with Crippen LogP contribution in [0.5, 0.6) is 0 Å². The van der Waals surface area contributed by atoms with Crippen molar-refractivity contribution in [2.24, 2.45) is 5.41 Å². The van der Waals surface area contributed by atoms with Crippen molar-refractivity contribution in [1.29, 1.82) is 0 Å². The molecule has 1 saturated heterocycles. The number of ether oxygens (including phenoxy) is 2. The molecule has 13 nitrogen and oxygen atoms in total. The number of hydrogen-bond donors (Lipinski definition) is 4. The summed E-state index contributed by atoms with van der Waals surface area (Å²) in [6.45, 7) is 7.65. The SMILES string of the molecule is CC(C)(C)C[C@]1(c2ccc(-c3cnn(C(F)F)c3)cc2)NC(NC(=O)OC(C)(C)C)N([C@H](COC(=O)NC2CC2)c2ccc(Cl)c(C(=O)O)c2)C1=O. The highest BCUT2D eigenvalue weighted by Gasteiger charge is 2.56. The summed E-state index contributed by atoms with van der Waals surface area (Å²) in [4.78, 5) is 54.8. The van der Waals surface area contributed by atoms with Gasteiger partial charge in [-0.2, -0.15) is 13.9 Å². The molecule has 16 heteroatoms. The summed E-state index contributed by atoms with van der Waals surface area (Å²) >= 11 is 6.22. The van der Waals surface area contributed by atoms with Crippen molar-refractivity contribution in [2.45, 2.75) is 96.9 Å². The number of alkyl halides is 2. The largest absolute Gasteiger partial charge is 0.478 e. The van der Waals surface area contributed by atoms with Gasteiger partial charge in [-0.25, -0.2) is 19.1 Å². The lowest BCUT2D eigenvalue weighted by molar-refractivity contribution is -0.138. The fourth-order valence-corrected chi connectivity index (χ4v) is 6.36. The summed E-state index contributed by atoms with van der Waals surface area (Å²) < 4.78 is 38.2. The van der Waals surface area contributed by atoms with E-state index >= 15 is 4.79 Å². The van der Waals surface area contributed by atoms with Crippen molar-refractivity contribution in [2.75, 3.05) is 6.61 Å². The number of aromatic carboxylic acids is 1. The number of halogens is 3. The third-order valence-corrected chi connectivity index (χ3v) is 8.76. The highest BCUT2D eigenvalue weighted by molar-refractivity contribution is 6.33. The van der Waals surface area contributed by atoms with Gasteiger partial charge < -0.3 is 19.9 Å². The Morgan fingerprint density at radius 2 is 1.71 bits per heavy atom. The molecule has 5 rings (SSSR count). The predicted molar refractivity (Wildman–Crippen MR) is 186 cm³/mol. The molecular weight excluding hydrogens is 702 g/mol. The molecule has 2 aromatic carbocycles. The lowest BCUT2D eigenvalue weighted by Gasteiger charge is -2.35. The molecule has 0 spiro atoms. The van der Waals surface area contributed by atoms with E-state index in [0.29, 0.717) is 21.4 Å². The molecule has 1 unspecified atom stereocenters. The van der Waals surface area contributed by atoms with E-state index in [0.717, 1.165) is 12.8 Å². The van der Waals surface area contributed by atoms with Crippen molar-refractivity contribution < 1.29 is 42.5 Å². The smallest absolute Gasteiger partial charge is 0.410 e. The molecule has 3 atom stereocenters. The van der Waals surface area contributed by atoms with Gasteiger partial charge in [-0.3, -0.25) is 20.3 Å². The zero-order valence-corrected chi connectivity index (χ0v) is 30.5. The molecule has 2 aliphatic rings. The Kier molecular flexibility index (Phi) is 10.9. The monoisotopic (exact) mass is 744 g/mol. The number of nitrogens with one attached hydrogen (secondary N) is 3. The van der Waals surface area contributed by atoms with Crippen molar-refractivity contribution in [3.05, 3.63) is 76.6 Å². The van der Waals surface area contributed by atoms with Crippen LogP contribution >= 0.6 is 11.6 Å². The van der Waals surface area contributed by atoms with Gasteiger partial charge in [-0.05, 0) is 74.3 Å². The van der Waals surface area contributed by atoms with Gasteiger partial charge >= 0.3 is 24.7 Å². The van der Waals surface area contributed by atoms with Crippen LogP contribution in [0.2, 0.25) is 5.02 Å². The summed E-state index contributed by atoms with van der Waals surface area (Å²) in [7, 11) is 0. The average molecular weight is 745 g/mol. The van der Waals surface area contributed by atoms with E-state index in [4.69, 9.17) is 21.1 Å². The second-order valence-electron chi connectivity index (χ2n) is 15.2. The number of carbonyl (C=O) groups is 4. The lowest BCUT2D eigenvalue weighted by atomic mass is 9.75. The lowest BCUT2D eigenvalue weighted by Crippen LogP contribution is -2.54. The summed E-state index contributed by atoms with van der Waals surface area (Å²) in [6.07, 6.45) is 1.49. The number of benzene rings is 2. The minimum Gasteiger partial charge on any atom is -0.478 e. The Morgan fingerprint density at radius 3 is 2.27 bits per heavy atom. The van der Waals surface area contributed by atoms with Gasteiger partial charge in [0.05, 0.1) is 22.8 Å². The van der Waals surface area contributed by atoms with Crippen molar-refractivity contribution >= 4 is 35.7 Å². The molecule has 52 heavy (non-hydrogen) atoms. The zero-order valence-electron chi connectivity index (χ0n) is 29.7. The molecule has 1 aromatic heterocycles. The highest BCUT2D eigenvalue weighted by atomic mass is 35.5. The quantitative estimate of drug-likeness (QED) is 0.165. The fraction of sp³-hybridized carbons (Fsp3) is 0.472. The van der Waals surface area contributed by atoms with Gasteiger partial charge in [0.1, 0.15) is 17.7 Å². The normalized spacial score (nSPS) is 19.8. The van der Waals surface area contributed by atoms with Gasteiger partial charge in [0, 0.05) is 17.8 Å². The first-order valence-electron chi connectivity index (χ1n) is 16.8. The standard InChI is InChI=1S/C36H43ClF2N6O7/c1-34(2,3)19-36(23-10-7-20(8-11-23)22-16-40-44(17-22)30(38)39)29(48)45(31(43-36)42-33(50)52-35(4,5)6)27(18-51-32(49)41-24-12-13-24)21-9-14-26(37)25(15-21)28(46)47/h7-11,14-17,24,27,30-31,43H,12-13,18-19H2,1-6H3,(H,41,49)(H,42,50)(H,46,47)/t27-,31?,36-/m1/s1. The number of rotatable bonds is 11. The van der Waals surface area contributed by atoms with Crippen molar-refractivity contribution in [1.82, 2.24) is 30.6 Å². The number of alkyl carbamates (subject to hydrolysis) is 2. The molecule has 3 amide bonds. The van der Waals surface area contributed by atoms with Crippen LogP contribution in [0.4, 0.5) is 18.4 Å². The third kappa shape index (κ3) is 8.99. The highest BCUT2D eigenvalue weighted by Crippen LogP contribution is 2.44.